The molecule has 0 radical (unpaired) electrons. The van der Waals surface area contributed by atoms with Crippen LogP contribution in [0.4, 0.5) is 0 Å². The Labute approximate surface area is 229 Å². The van der Waals surface area contributed by atoms with E-state index in [2.05, 4.69) is 9.72 Å². The van der Waals surface area contributed by atoms with Crippen molar-refractivity contribution in [3.05, 3.63) is 72.8 Å². The molecule has 15 heteroatoms. The summed E-state index contributed by atoms with van der Waals surface area (Å²) >= 11 is 0. The molecule has 0 saturated heterocycles. The molecule has 3 atom stereocenters. The number of nitrogens with zero attached hydrogens (tertiary/aromatic N) is 1. The Balaban J connectivity index is 1.78. The van der Waals surface area contributed by atoms with Gasteiger partial charge in [-0.25, -0.2) is 0 Å². The van der Waals surface area contributed by atoms with Gasteiger partial charge in [0.2, 0.25) is 0 Å². The fourth-order valence-electron chi connectivity index (χ4n) is 3.36. The largest absolute Gasteiger partial charge is 0.570 e. The molecule has 3 aromatic rings. The van der Waals surface area contributed by atoms with Crippen LogP contribution >= 0.6 is 23.7 Å². The molecule has 12 nitrogen and oxygen atoms in total. The molecule has 3 aromatic carbocycles. The van der Waals surface area contributed by atoms with Gasteiger partial charge in [-0.3, -0.25) is 9.05 Å². The molecule has 1 aliphatic rings. The predicted octanol–water partition coefficient (Wildman–Crippen LogP) is 6.68. The fraction of sp³-hybridized carbons (Fsp3) is 0.250. The molecule has 0 bridgehead atoms. The summed E-state index contributed by atoms with van der Waals surface area (Å²) in [7, 11) is -0.808. The maximum atomic E-state index is 6.40. The van der Waals surface area contributed by atoms with Crippen LogP contribution in [0.3, 0.4) is 0 Å². The van der Waals surface area contributed by atoms with Crippen molar-refractivity contribution < 1.29 is 41.4 Å². The number of hydrogen-bond acceptors (Lipinski definition) is 12. The minimum Gasteiger partial charge on any atom is -0.497 e. The first kappa shape index (κ1) is 29.3. The summed E-state index contributed by atoms with van der Waals surface area (Å²) in [5.74, 6) is 3.46. The maximum Gasteiger partial charge on any atom is 0.570 e. The maximum absolute atomic E-state index is 6.40. The van der Waals surface area contributed by atoms with Gasteiger partial charge in [-0.2, -0.15) is 9.05 Å². The SMILES string of the molecule is COc1ccc(OP2(OC)=N[P+](OC)(Oc3ccc(OC)cc3)N[P+](OC)(Oc3ccc(OC)cc3)N2)cc1. The van der Waals surface area contributed by atoms with Gasteiger partial charge in [-0.15, -0.1) is 0 Å². The first-order valence-electron chi connectivity index (χ1n) is 11.5. The smallest absolute Gasteiger partial charge is 0.497 e. The highest BCUT2D eigenvalue weighted by Crippen LogP contribution is 2.80. The summed E-state index contributed by atoms with van der Waals surface area (Å²) in [6, 6.07) is 21.1. The molecule has 39 heavy (non-hydrogen) atoms. The molecule has 0 fully saturated rings. The molecule has 0 amide bonds. The summed E-state index contributed by atoms with van der Waals surface area (Å²) in [5, 5.41) is 0. The van der Waals surface area contributed by atoms with Crippen molar-refractivity contribution in [2.45, 2.75) is 0 Å². The zero-order chi connectivity index (χ0) is 27.9. The Bertz CT molecular complexity index is 1280. The van der Waals surface area contributed by atoms with Gasteiger partial charge in [0.1, 0.15) is 23.0 Å². The third-order valence-corrected chi connectivity index (χ3v) is 14.3. The monoisotopic (exact) mass is 599 g/mol. The summed E-state index contributed by atoms with van der Waals surface area (Å²) in [4.78, 5) is 6.54. The quantitative estimate of drug-likeness (QED) is 0.217. The van der Waals surface area contributed by atoms with Crippen LogP contribution in [0, 0.1) is 0 Å². The number of nitrogens with one attached hydrogen (secondary N) is 2. The van der Waals surface area contributed by atoms with Crippen molar-refractivity contribution in [1.29, 1.82) is 0 Å². The predicted molar refractivity (Wildman–Crippen MR) is 151 cm³/mol. The topological polar surface area (TPSA) is 119 Å². The Morgan fingerprint density at radius 1 is 0.564 bits per heavy atom. The molecule has 210 valence electrons. The average molecular weight is 599 g/mol. The van der Waals surface area contributed by atoms with Crippen molar-refractivity contribution >= 4 is 23.7 Å². The molecule has 2 N–H and O–H groups in total. The van der Waals surface area contributed by atoms with Crippen LogP contribution in [-0.4, -0.2) is 42.7 Å². The lowest BCUT2D eigenvalue weighted by atomic mass is 10.3. The first-order chi connectivity index (χ1) is 18.8. The standard InChI is InChI=1S/C24H32N3O9P3/c1-28-19-7-13-22(14-8-19)34-37(31-4)25-38(32-5,35-23-15-9-20(29-2)10-16-23)27-39(26-37,33-6)36-24-17-11-21(30-3)12-18-24/h7-18,25-26H,1-6H3/q+2. The highest BCUT2D eigenvalue weighted by molar-refractivity contribution is 7.88. The van der Waals surface area contributed by atoms with Crippen molar-refractivity contribution in [3.63, 3.8) is 0 Å². The molecule has 0 aromatic heterocycles. The zero-order valence-corrected chi connectivity index (χ0v) is 25.1. The third kappa shape index (κ3) is 6.92. The van der Waals surface area contributed by atoms with Gasteiger partial charge in [0.25, 0.3) is 0 Å². The summed E-state index contributed by atoms with van der Waals surface area (Å²) in [6.45, 7) is 0. The van der Waals surface area contributed by atoms with Crippen LogP contribution in [0.15, 0.2) is 77.3 Å². The molecular formula is C24H32N3O9P3+2. The lowest BCUT2D eigenvalue weighted by Gasteiger charge is -2.32. The van der Waals surface area contributed by atoms with Gasteiger partial charge >= 0.3 is 23.7 Å². The number of ether oxygens (including phenoxy) is 3. The molecule has 0 saturated carbocycles. The normalized spacial score (nSPS) is 24.3. The molecule has 1 heterocycles. The van der Waals surface area contributed by atoms with Crippen LogP contribution in [0.1, 0.15) is 0 Å². The minimum atomic E-state index is -3.38. The summed E-state index contributed by atoms with van der Waals surface area (Å²) in [6.07, 6.45) is 0. The van der Waals surface area contributed by atoms with Gasteiger partial charge < -0.3 is 23.3 Å². The summed E-state index contributed by atoms with van der Waals surface area (Å²) < 4.78 is 57.6. The zero-order valence-electron chi connectivity index (χ0n) is 22.4. The Morgan fingerprint density at radius 2 is 1.00 bits per heavy atom. The van der Waals surface area contributed by atoms with E-state index in [0.29, 0.717) is 34.5 Å². The highest BCUT2D eigenvalue weighted by atomic mass is 31.3. The van der Waals surface area contributed by atoms with Crippen LogP contribution in [-0.2, 0) is 13.6 Å². The van der Waals surface area contributed by atoms with Crippen molar-refractivity contribution in [2.75, 3.05) is 42.7 Å². The lowest BCUT2D eigenvalue weighted by molar-refractivity contribution is 0.320. The number of benzene rings is 3. The van der Waals surface area contributed by atoms with Crippen LogP contribution < -0.4 is 37.5 Å². The highest BCUT2D eigenvalue weighted by Gasteiger charge is 2.71. The van der Waals surface area contributed by atoms with E-state index in [0.717, 1.165) is 0 Å². The molecule has 4 rings (SSSR count). The second-order valence-corrected chi connectivity index (χ2v) is 14.9. The van der Waals surface area contributed by atoms with E-state index in [1.807, 2.05) is 0 Å². The van der Waals surface area contributed by atoms with E-state index in [9.17, 15) is 0 Å². The first-order valence-corrected chi connectivity index (χ1v) is 16.3. The van der Waals surface area contributed by atoms with E-state index in [-0.39, 0.29) is 0 Å². The van der Waals surface area contributed by atoms with Gasteiger partial charge in [-0.1, -0.05) is 0 Å². The second kappa shape index (κ2) is 12.7. The van der Waals surface area contributed by atoms with E-state index < -0.39 is 23.7 Å². The van der Waals surface area contributed by atoms with Gasteiger partial charge in [0.05, 0.1) is 40.4 Å². The average Bonchev–Trinajstić information content (AvgIpc) is 2.98. The van der Waals surface area contributed by atoms with Crippen molar-refractivity contribution in [2.24, 2.45) is 4.52 Å². The Morgan fingerprint density at radius 3 is 1.41 bits per heavy atom. The fourth-order valence-corrected chi connectivity index (χ4v) is 13.2. The van der Waals surface area contributed by atoms with E-state index >= 15 is 0 Å². The molecule has 0 spiro atoms. The van der Waals surface area contributed by atoms with E-state index in [1.165, 1.54) is 21.3 Å². The Hall–Kier alpha value is -2.65. The van der Waals surface area contributed by atoms with Crippen LogP contribution in [0.5, 0.6) is 34.5 Å². The molecular weight excluding hydrogens is 567 g/mol. The summed E-state index contributed by atoms with van der Waals surface area (Å²) in [5.41, 5.74) is 0. The second-order valence-electron chi connectivity index (χ2n) is 7.73. The van der Waals surface area contributed by atoms with Gasteiger partial charge in [0.15, 0.2) is 11.5 Å². The Kier molecular flexibility index (Phi) is 9.54. The lowest BCUT2D eigenvalue weighted by Crippen LogP contribution is -2.37. The van der Waals surface area contributed by atoms with E-state index in [4.69, 9.17) is 45.9 Å². The van der Waals surface area contributed by atoms with Gasteiger partial charge in [-0.05, 0) is 77.7 Å². The molecule has 0 aliphatic carbocycles. The minimum absolute atomic E-state index is 0.474. The molecule has 3 unspecified atom stereocenters. The van der Waals surface area contributed by atoms with E-state index in [1.54, 1.807) is 94.1 Å². The number of rotatable bonds is 12. The van der Waals surface area contributed by atoms with Crippen LogP contribution in [0.2, 0.25) is 0 Å². The third-order valence-electron chi connectivity index (χ3n) is 5.37. The van der Waals surface area contributed by atoms with Crippen molar-refractivity contribution in [1.82, 2.24) is 9.72 Å². The number of hydrogen-bond donors (Lipinski definition) is 2. The molecule has 1 aliphatic heterocycles. The van der Waals surface area contributed by atoms with Crippen molar-refractivity contribution in [3.8, 4) is 34.5 Å². The van der Waals surface area contributed by atoms with Gasteiger partial charge in [0, 0.05) is 11.6 Å². The number of methoxy groups -OCH3 is 3. The van der Waals surface area contributed by atoms with Crippen LogP contribution in [0.25, 0.3) is 0 Å².